The van der Waals surface area contributed by atoms with Crippen LogP contribution in [0.2, 0.25) is 0 Å². The number of rotatable bonds is 9. The van der Waals surface area contributed by atoms with E-state index in [4.69, 9.17) is 9.72 Å². The molecule has 388 valence electrons. The molecule has 0 fully saturated rings. The number of nitrogens with zero attached hydrogens (tertiary/aromatic N) is 4. The number of para-hydroxylation sites is 3. The Morgan fingerprint density at radius 1 is 0.412 bits per heavy atom. The molecule has 1 aliphatic carbocycles. The topological polar surface area (TPSA) is 33.5 Å². The van der Waals surface area contributed by atoms with Crippen LogP contribution in [0.25, 0.3) is 61.0 Å². The number of benzene rings is 10. The summed E-state index contributed by atoms with van der Waals surface area (Å²) in [7, 11) is 0. The van der Waals surface area contributed by atoms with Crippen molar-refractivity contribution >= 4 is 44.6 Å². The molecule has 2 aromatic heterocycles. The molecule has 0 radical (unpaired) electrons. The van der Waals surface area contributed by atoms with Gasteiger partial charge in [-0.3, -0.25) is 4.57 Å². The SMILES string of the molecule is CC(C)(C)c1ccc(C2(c3ccnc(-n4c5ccccc5c5ccc(Oc6cccc(N7CN(c8c(-c9ccccc9)cc(C(C)(C)C)cc8-c8ccccc8)c8ccccc87)c6)cc54)c3)c3ccccc3-c3ccccc32)cc1. The van der Waals surface area contributed by atoms with Gasteiger partial charge in [0.1, 0.15) is 24.0 Å². The van der Waals surface area contributed by atoms with Gasteiger partial charge < -0.3 is 14.5 Å². The van der Waals surface area contributed by atoms with Crippen molar-refractivity contribution in [3.63, 3.8) is 0 Å². The standard InChI is InChI=1S/C75H62N4O/c1-73(2,3)52-36-38-53(39-37-52)75(65-31-16-13-28-59(65)60-29-14-17-32-66(60)75)54-42-43-76-71(46-54)79-67-33-18-15-30-61(67)62-41-40-58(48-70(62)79)80-57-27-21-26-56(47-57)77-49-78(69-35-20-19-34-68(69)77)72-63(50-22-9-7-10-23-50)44-55(74(4,5)6)45-64(72)51-24-11-8-12-25-51/h7-48H,49H2,1-6H3. The van der Waals surface area contributed by atoms with Crippen molar-refractivity contribution in [3.05, 3.63) is 288 Å². The van der Waals surface area contributed by atoms with Gasteiger partial charge in [-0.2, -0.15) is 0 Å². The first kappa shape index (κ1) is 48.9. The Bertz CT molecular complexity index is 4230. The lowest BCUT2D eigenvalue weighted by Gasteiger charge is -2.34. The minimum Gasteiger partial charge on any atom is -0.457 e. The number of aromatic nitrogens is 2. The number of ether oxygens (including phenoxy) is 1. The van der Waals surface area contributed by atoms with Gasteiger partial charge in [0, 0.05) is 45.9 Å². The first-order chi connectivity index (χ1) is 38.9. The molecule has 0 N–H and O–H groups in total. The number of fused-ring (bicyclic) bond motifs is 7. The monoisotopic (exact) mass is 1030 g/mol. The zero-order chi connectivity index (χ0) is 54.3. The maximum absolute atomic E-state index is 6.99. The summed E-state index contributed by atoms with van der Waals surface area (Å²) in [6.45, 7) is 14.4. The second-order valence-corrected chi connectivity index (χ2v) is 23.6. The van der Waals surface area contributed by atoms with Crippen molar-refractivity contribution in [2.75, 3.05) is 16.5 Å². The van der Waals surface area contributed by atoms with Crippen LogP contribution in [0.3, 0.4) is 0 Å². The molecule has 0 atom stereocenters. The second-order valence-electron chi connectivity index (χ2n) is 23.6. The first-order valence-corrected chi connectivity index (χ1v) is 28.0. The number of hydrogen-bond acceptors (Lipinski definition) is 4. The van der Waals surface area contributed by atoms with Gasteiger partial charge in [0.15, 0.2) is 0 Å². The first-order valence-electron chi connectivity index (χ1n) is 28.0. The highest BCUT2D eigenvalue weighted by Crippen LogP contribution is 2.57. The molecule has 2 aliphatic rings. The van der Waals surface area contributed by atoms with Crippen molar-refractivity contribution in [3.8, 4) is 50.7 Å². The van der Waals surface area contributed by atoms with Crippen molar-refractivity contribution in [1.82, 2.24) is 9.55 Å². The Morgan fingerprint density at radius 2 is 0.975 bits per heavy atom. The molecule has 3 heterocycles. The second kappa shape index (κ2) is 18.9. The van der Waals surface area contributed by atoms with Gasteiger partial charge in [-0.25, -0.2) is 4.98 Å². The number of anilines is 4. The van der Waals surface area contributed by atoms with E-state index in [0.29, 0.717) is 6.67 Å². The molecule has 14 rings (SSSR count). The third-order valence-electron chi connectivity index (χ3n) is 16.7. The molecule has 5 heteroatoms. The molecule has 10 aromatic carbocycles. The van der Waals surface area contributed by atoms with Crippen LogP contribution >= 0.6 is 0 Å². The Balaban J connectivity index is 0.859. The largest absolute Gasteiger partial charge is 0.457 e. The molecule has 0 spiro atoms. The van der Waals surface area contributed by atoms with Gasteiger partial charge in [0.25, 0.3) is 0 Å². The lowest BCUT2D eigenvalue weighted by atomic mass is 9.67. The maximum atomic E-state index is 6.99. The van der Waals surface area contributed by atoms with Crippen molar-refractivity contribution in [2.45, 2.75) is 57.8 Å². The van der Waals surface area contributed by atoms with Crippen LogP contribution in [0.1, 0.15) is 74.9 Å². The quantitative estimate of drug-likeness (QED) is 0.144. The predicted octanol–water partition coefficient (Wildman–Crippen LogP) is 19.5. The Hall–Kier alpha value is -9.45. The highest BCUT2D eigenvalue weighted by molar-refractivity contribution is 6.09. The van der Waals surface area contributed by atoms with Crippen LogP contribution in [0.4, 0.5) is 22.7 Å². The normalized spacial score (nSPS) is 13.6. The summed E-state index contributed by atoms with van der Waals surface area (Å²) in [4.78, 5) is 10.1. The van der Waals surface area contributed by atoms with E-state index in [1.165, 1.54) is 66.9 Å². The van der Waals surface area contributed by atoms with Gasteiger partial charge >= 0.3 is 0 Å². The summed E-state index contributed by atoms with van der Waals surface area (Å²) in [6, 6.07) is 90.8. The summed E-state index contributed by atoms with van der Waals surface area (Å²) in [5.74, 6) is 2.34. The third-order valence-corrected chi connectivity index (χ3v) is 16.7. The molecule has 0 saturated carbocycles. The van der Waals surface area contributed by atoms with E-state index in [1.807, 2.05) is 6.20 Å². The molecule has 12 aromatic rings. The number of pyridine rings is 1. The zero-order valence-corrected chi connectivity index (χ0v) is 46.2. The van der Waals surface area contributed by atoms with E-state index in [2.05, 4.69) is 305 Å². The summed E-state index contributed by atoms with van der Waals surface area (Å²) in [5.41, 5.74) is 20.8. The zero-order valence-electron chi connectivity index (χ0n) is 46.2. The van der Waals surface area contributed by atoms with Gasteiger partial charge in [-0.05, 0) is 133 Å². The van der Waals surface area contributed by atoms with Crippen molar-refractivity contribution in [1.29, 1.82) is 0 Å². The van der Waals surface area contributed by atoms with E-state index in [9.17, 15) is 0 Å². The van der Waals surface area contributed by atoms with Crippen LogP contribution < -0.4 is 14.5 Å². The molecule has 1 aliphatic heterocycles. The van der Waals surface area contributed by atoms with Gasteiger partial charge in [-0.1, -0.05) is 211 Å². The van der Waals surface area contributed by atoms with Crippen LogP contribution in [0.5, 0.6) is 11.5 Å². The lowest BCUT2D eigenvalue weighted by Crippen LogP contribution is -2.29. The molecular formula is C75H62N4O. The average Bonchev–Trinajstić information content (AvgIpc) is 3.29. The molecule has 0 bridgehead atoms. The van der Waals surface area contributed by atoms with E-state index in [0.717, 1.165) is 61.7 Å². The van der Waals surface area contributed by atoms with E-state index in [1.54, 1.807) is 0 Å². The molecule has 80 heavy (non-hydrogen) atoms. The smallest absolute Gasteiger partial charge is 0.137 e. The van der Waals surface area contributed by atoms with Crippen molar-refractivity contribution in [2.24, 2.45) is 0 Å². The third kappa shape index (κ3) is 8.02. The molecular weight excluding hydrogens is 973 g/mol. The molecule has 5 nitrogen and oxygen atoms in total. The van der Waals surface area contributed by atoms with E-state index in [-0.39, 0.29) is 10.8 Å². The summed E-state index contributed by atoms with van der Waals surface area (Å²) in [6.07, 6.45) is 2.00. The fourth-order valence-electron chi connectivity index (χ4n) is 12.8. The highest BCUT2D eigenvalue weighted by Gasteiger charge is 2.46. The molecule has 0 amide bonds. The fraction of sp³-hybridized carbons (Fsp3) is 0.133. The summed E-state index contributed by atoms with van der Waals surface area (Å²) >= 11 is 0. The minimum atomic E-state index is -0.586. The average molecular weight is 1040 g/mol. The van der Waals surface area contributed by atoms with E-state index >= 15 is 0 Å². The Labute approximate surface area is 469 Å². The minimum absolute atomic E-state index is 0.0201. The van der Waals surface area contributed by atoms with Gasteiger partial charge in [0.05, 0.1) is 33.5 Å². The van der Waals surface area contributed by atoms with Gasteiger partial charge in [0.2, 0.25) is 0 Å². The van der Waals surface area contributed by atoms with Crippen LogP contribution in [0.15, 0.2) is 255 Å². The Morgan fingerprint density at radius 3 is 1.62 bits per heavy atom. The maximum Gasteiger partial charge on any atom is 0.137 e. The van der Waals surface area contributed by atoms with Crippen LogP contribution in [-0.2, 0) is 16.2 Å². The fourth-order valence-corrected chi connectivity index (χ4v) is 12.8. The Kier molecular flexibility index (Phi) is 11.5. The van der Waals surface area contributed by atoms with E-state index < -0.39 is 5.41 Å². The lowest BCUT2D eigenvalue weighted by molar-refractivity contribution is 0.483. The summed E-state index contributed by atoms with van der Waals surface area (Å²) < 4.78 is 9.31. The number of hydrogen-bond donors (Lipinski definition) is 0. The summed E-state index contributed by atoms with van der Waals surface area (Å²) in [5, 5.41) is 2.29. The predicted molar refractivity (Wildman–Crippen MR) is 333 cm³/mol. The molecule has 0 unspecified atom stereocenters. The van der Waals surface area contributed by atoms with Gasteiger partial charge in [-0.15, -0.1) is 0 Å². The highest BCUT2D eigenvalue weighted by atomic mass is 16.5. The van der Waals surface area contributed by atoms with Crippen LogP contribution in [-0.4, -0.2) is 16.2 Å². The van der Waals surface area contributed by atoms with Crippen molar-refractivity contribution < 1.29 is 4.74 Å². The molecule has 0 saturated heterocycles. The van der Waals surface area contributed by atoms with Crippen LogP contribution in [0, 0.1) is 0 Å².